The van der Waals surface area contributed by atoms with Crippen LogP contribution in [0.3, 0.4) is 0 Å². The quantitative estimate of drug-likeness (QED) is 0.310. The molecule has 1 unspecified atom stereocenters. The largest absolute Gasteiger partial charge is 0.390 e. The maximum Gasteiger partial charge on any atom is 0.217 e. The van der Waals surface area contributed by atoms with Crippen molar-refractivity contribution in [3.63, 3.8) is 0 Å². The van der Waals surface area contributed by atoms with Crippen molar-refractivity contribution in [2.24, 2.45) is 0 Å². The lowest BCUT2D eigenvalue weighted by molar-refractivity contribution is -0.120. The third-order valence-electron chi connectivity index (χ3n) is 6.97. The smallest absolute Gasteiger partial charge is 0.217 e. The summed E-state index contributed by atoms with van der Waals surface area (Å²) >= 11 is 0. The third-order valence-corrected chi connectivity index (χ3v) is 6.97. The molecule has 0 fully saturated rings. The number of aliphatic hydroxyl groups excluding tert-OH is 1. The van der Waals surface area contributed by atoms with Crippen LogP contribution in [-0.4, -0.2) is 36.8 Å². The molecule has 0 heterocycles. The molecule has 0 spiro atoms. The van der Waals surface area contributed by atoms with Crippen molar-refractivity contribution in [1.82, 2.24) is 21.5 Å². The van der Waals surface area contributed by atoms with Crippen LogP contribution in [0.2, 0.25) is 0 Å². The van der Waals surface area contributed by atoms with Gasteiger partial charge >= 0.3 is 0 Å². The van der Waals surface area contributed by atoms with Crippen molar-refractivity contribution < 1.29 is 18.7 Å². The van der Waals surface area contributed by atoms with E-state index in [1.54, 1.807) is 0 Å². The van der Waals surface area contributed by atoms with Gasteiger partial charge in [0.15, 0.2) is 0 Å². The molecule has 37 heavy (non-hydrogen) atoms. The molecule has 3 atom stereocenters. The number of halogens is 2. The molecule has 2 aromatic rings. The molecular formula is C29H40F2N4O2. The first-order valence-electron chi connectivity index (χ1n) is 12.8. The molecule has 1 aliphatic rings. The van der Waals surface area contributed by atoms with Crippen molar-refractivity contribution in [1.29, 1.82) is 0 Å². The Bertz CT molecular complexity index is 1100. The molecule has 3 rings (SSSR count). The van der Waals surface area contributed by atoms with E-state index in [1.165, 1.54) is 24.6 Å². The van der Waals surface area contributed by atoms with Gasteiger partial charge in [0.05, 0.1) is 12.1 Å². The van der Waals surface area contributed by atoms with Crippen LogP contribution in [0.15, 0.2) is 54.2 Å². The molecular weight excluding hydrogens is 474 g/mol. The Morgan fingerprint density at radius 3 is 2.41 bits per heavy atom. The number of hydrogen-bond donors (Lipinski definition) is 5. The zero-order valence-corrected chi connectivity index (χ0v) is 22.4. The number of aliphatic hydroxyl groups is 1. The predicted octanol–water partition coefficient (Wildman–Crippen LogP) is 3.95. The van der Waals surface area contributed by atoms with E-state index in [2.05, 4.69) is 72.6 Å². The number of benzene rings is 2. The molecule has 0 saturated carbocycles. The molecule has 0 saturated heterocycles. The molecule has 1 amide bonds. The number of carbonyl (C=O) groups is 1. The Kier molecular flexibility index (Phi) is 9.45. The van der Waals surface area contributed by atoms with E-state index in [9.17, 15) is 18.7 Å². The zero-order chi connectivity index (χ0) is 27.2. The standard InChI is InChI=1S/C29H40F2N4O2/c1-19(36)34-26(15-20-13-23(30)17-24(31)14-20)27(37)18-33-29(11-9-25(10-12-29)35-32-5)22-8-6-7-21(16-22)28(2,3)4/h6-9,13-14,16-17,26-27,32-33,35,37H,10-12,15,18H2,1-5H3,(H,34,36)/t26-,27+,29?/m0/s1. The highest BCUT2D eigenvalue weighted by Crippen LogP contribution is 2.37. The lowest BCUT2D eigenvalue weighted by Gasteiger charge is -2.40. The summed E-state index contributed by atoms with van der Waals surface area (Å²) in [6.07, 6.45) is 3.58. The van der Waals surface area contributed by atoms with Crippen LogP contribution in [-0.2, 0) is 22.2 Å². The molecule has 2 aromatic carbocycles. The van der Waals surface area contributed by atoms with Gasteiger partial charge in [-0.2, -0.15) is 0 Å². The van der Waals surface area contributed by atoms with Crippen molar-refractivity contribution in [2.75, 3.05) is 13.6 Å². The van der Waals surface area contributed by atoms with Crippen LogP contribution in [0, 0.1) is 11.6 Å². The summed E-state index contributed by atoms with van der Waals surface area (Å²) < 4.78 is 27.5. The lowest BCUT2D eigenvalue weighted by atomic mass is 9.76. The van der Waals surface area contributed by atoms with Crippen LogP contribution in [0.25, 0.3) is 0 Å². The molecule has 6 nitrogen and oxygen atoms in total. The number of rotatable bonds is 10. The van der Waals surface area contributed by atoms with Crippen LogP contribution in [0.1, 0.15) is 63.6 Å². The van der Waals surface area contributed by atoms with Gasteiger partial charge in [0.25, 0.3) is 0 Å². The number of nitrogens with one attached hydrogen (secondary N) is 4. The Balaban J connectivity index is 1.86. The predicted molar refractivity (Wildman–Crippen MR) is 143 cm³/mol. The van der Waals surface area contributed by atoms with Gasteiger partial charge in [-0.1, -0.05) is 51.1 Å². The molecule has 8 heteroatoms. The van der Waals surface area contributed by atoms with Gasteiger partial charge in [-0.3, -0.25) is 4.79 Å². The Hall–Kier alpha value is -2.81. The molecule has 202 valence electrons. The Morgan fingerprint density at radius 2 is 1.84 bits per heavy atom. The maximum atomic E-state index is 13.8. The SMILES string of the molecule is CNNC1=CCC(NC[C@@H](O)[C@H](Cc2cc(F)cc(F)c2)NC(C)=O)(c2cccc(C(C)(C)C)c2)CC1. The fraction of sp³-hybridized carbons (Fsp3) is 0.483. The van der Waals surface area contributed by atoms with Crippen LogP contribution < -0.4 is 21.5 Å². The highest BCUT2D eigenvalue weighted by atomic mass is 19.1. The highest BCUT2D eigenvalue weighted by Gasteiger charge is 2.35. The molecule has 5 N–H and O–H groups in total. The number of hydrazine groups is 1. The summed E-state index contributed by atoms with van der Waals surface area (Å²) in [5, 5.41) is 17.5. The van der Waals surface area contributed by atoms with Crippen molar-refractivity contribution in [3.05, 3.63) is 82.6 Å². The normalized spacial score (nSPS) is 19.6. The summed E-state index contributed by atoms with van der Waals surface area (Å²) in [6, 6.07) is 11.1. The highest BCUT2D eigenvalue weighted by molar-refractivity contribution is 5.73. The summed E-state index contributed by atoms with van der Waals surface area (Å²) in [5.41, 5.74) is 9.54. The van der Waals surface area contributed by atoms with E-state index in [0.29, 0.717) is 12.0 Å². The second-order valence-electron chi connectivity index (χ2n) is 11.0. The number of allylic oxidation sites excluding steroid dienone is 1. The lowest BCUT2D eigenvalue weighted by Crippen LogP contribution is -2.53. The van der Waals surface area contributed by atoms with E-state index >= 15 is 0 Å². The van der Waals surface area contributed by atoms with Crippen molar-refractivity contribution >= 4 is 5.91 Å². The monoisotopic (exact) mass is 514 g/mol. The second-order valence-corrected chi connectivity index (χ2v) is 11.0. The van der Waals surface area contributed by atoms with Crippen LogP contribution in [0.4, 0.5) is 8.78 Å². The molecule has 0 bridgehead atoms. The Labute approximate surface area is 218 Å². The van der Waals surface area contributed by atoms with Crippen LogP contribution >= 0.6 is 0 Å². The first kappa shape index (κ1) is 28.8. The molecule has 0 aliphatic heterocycles. The molecule has 1 aliphatic carbocycles. The fourth-order valence-corrected chi connectivity index (χ4v) is 4.90. The van der Waals surface area contributed by atoms with E-state index in [0.717, 1.165) is 30.2 Å². The van der Waals surface area contributed by atoms with Gasteiger partial charge in [0.1, 0.15) is 11.6 Å². The van der Waals surface area contributed by atoms with Crippen molar-refractivity contribution in [3.8, 4) is 0 Å². The molecule has 0 radical (unpaired) electrons. The summed E-state index contributed by atoms with van der Waals surface area (Å²) in [4.78, 5) is 11.9. The summed E-state index contributed by atoms with van der Waals surface area (Å²) in [5.74, 6) is -1.71. The van der Waals surface area contributed by atoms with E-state index in [1.807, 2.05) is 7.05 Å². The second kappa shape index (κ2) is 12.2. The number of amides is 1. The van der Waals surface area contributed by atoms with E-state index in [-0.39, 0.29) is 24.3 Å². The average Bonchev–Trinajstić information content (AvgIpc) is 2.82. The van der Waals surface area contributed by atoms with Gasteiger partial charge < -0.3 is 21.2 Å². The first-order valence-corrected chi connectivity index (χ1v) is 12.8. The summed E-state index contributed by atoms with van der Waals surface area (Å²) in [7, 11) is 1.83. The van der Waals surface area contributed by atoms with Gasteiger partial charge in [-0.15, -0.1) is 0 Å². The van der Waals surface area contributed by atoms with E-state index in [4.69, 9.17) is 0 Å². The minimum atomic E-state index is -0.987. The molecule has 0 aromatic heterocycles. The summed E-state index contributed by atoms with van der Waals surface area (Å²) in [6.45, 7) is 8.09. The van der Waals surface area contributed by atoms with Crippen molar-refractivity contribution in [2.45, 2.75) is 76.5 Å². The third kappa shape index (κ3) is 7.84. The number of carbonyl (C=O) groups excluding carboxylic acids is 1. The Morgan fingerprint density at radius 1 is 1.14 bits per heavy atom. The van der Waals surface area contributed by atoms with Gasteiger partial charge in [0, 0.05) is 37.8 Å². The van der Waals surface area contributed by atoms with Gasteiger partial charge in [0.2, 0.25) is 5.91 Å². The van der Waals surface area contributed by atoms with Gasteiger partial charge in [-0.25, -0.2) is 14.2 Å². The minimum Gasteiger partial charge on any atom is -0.390 e. The average molecular weight is 515 g/mol. The number of hydrogen-bond acceptors (Lipinski definition) is 5. The minimum absolute atomic E-state index is 0.0171. The maximum absolute atomic E-state index is 13.8. The first-order chi connectivity index (χ1) is 17.4. The van der Waals surface area contributed by atoms with Gasteiger partial charge in [-0.05, 0) is 59.9 Å². The topological polar surface area (TPSA) is 85.4 Å². The van der Waals surface area contributed by atoms with Crippen LogP contribution in [0.5, 0.6) is 0 Å². The zero-order valence-electron chi connectivity index (χ0n) is 22.4. The van der Waals surface area contributed by atoms with E-state index < -0.39 is 29.3 Å². The fourth-order valence-electron chi connectivity index (χ4n) is 4.90.